The Morgan fingerprint density at radius 2 is 2.29 bits per heavy atom. The van der Waals surface area contributed by atoms with Gasteiger partial charge in [-0.1, -0.05) is 0 Å². The molecule has 2 N–H and O–H groups in total. The predicted octanol–water partition coefficient (Wildman–Crippen LogP) is 0.813. The standard InChI is InChI=1S/C8H9F2NO3/c1-14-7-4(8(9)10)2-6(13)11-5(7)3-12/h2,8,12H,3H2,1H3,(H,11,13). The maximum Gasteiger partial charge on any atom is 0.267 e. The molecule has 1 aromatic heterocycles. The molecule has 0 aliphatic rings. The molecule has 78 valence electrons. The number of rotatable bonds is 3. The molecule has 0 amide bonds. The van der Waals surface area contributed by atoms with E-state index in [4.69, 9.17) is 5.11 Å². The first-order chi connectivity index (χ1) is 6.60. The molecular weight excluding hydrogens is 196 g/mol. The number of nitrogens with one attached hydrogen (secondary N) is 1. The second-order valence-electron chi connectivity index (χ2n) is 2.56. The largest absolute Gasteiger partial charge is 0.494 e. The molecular formula is C8H9F2NO3. The van der Waals surface area contributed by atoms with Gasteiger partial charge >= 0.3 is 0 Å². The third kappa shape index (κ3) is 1.90. The highest BCUT2D eigenvalue weighted by atomic mass is 19.3. The average Bonchev–Trinajstić information content (AvgIpc) is 2.16. The van der Waals surface area contributed by atoms with E-state index in [2.05, 4.69) is 9.72 Å². The van der Waals surface area contributed by atoms with Crippen LogP contribution >= 0.6 is 0 Å². The molecule has 0 unspecified atom stereocenters. The molecule has 1 heterocycles. The summed E-state index contributed by atoms with van der Waals surface area (Å²) < 4.78 is 29.5. The zero-order chi connectivity index (χ0) is 10.7. The lowest BCUT2D eigenvalue weighted by atomic mass is 10.2. The molecule has 0 fully saturated rings. The Balaban J connectivity index is 3.39. The molecule has 4 nitrogen and oxygen atoms in total. The summed E-state index contributed by atoms with van der Waals surface area (Å²) in [4.78, 5) is 13.1. The summed E-state index contributed by atoms with van der Waals surface area (Å²) in [6.45, 7) is -0.557. The molecule has 0 saturated carbocycles. The van der Waals surface area contributed by atoms with Crippen LogP contribution in [0.1, 0.15) is 17.7 Å². The van der Waals surface area contributed by atoms with E-state index in [1.807, 2.05) is 0 Å². The van der Waals surface area contributed by atoms with Gasteiger partial charge in [0.1, 0.15) is 5.75 Å². The number of aromatic nitrogens is 1. The number of aliphatic hydroxyl groups is 1. The minimum absolute atomic E-state index is 0.0460. The lowest BCUT2D eigenvalue weighted by molar-refractivity contribution is 0.145. The second-order valence-corrected chi connectivity index (χ2v) is 2.56. The quantitative estimate of drug-likeness (QED) is 0.767. The van der Waals surface area contributed by atoms with Gasteiger partial charge in [-0.2, -0.15) is 0 Å². The Kier molecular flexibility index (Phi) is 3.19. The highest BCUT2D eigenvalue weighted by molar-refractivity contribution is 5.37. The van der Waals surface area contributed by atoms with Crippen molar-refractivity contribution in [3.05, 3.63) is 27.7 Å². The van der Waals surface area contributed by atoms with E-state index in [1.165, 1.54) is 7.11 Å². The van der Waals surface area contributed by atoms with Crippen molar-refractivity contribution < 1.29 is 18.6 Å². The number of ether oxygens (including phenoxy) is 1. The summed E-state index contributed by atoms with van der Waals surface area (Å²) in [7, 11) is 1.19. The predicted molar refractivity (Wildman–Crippen MR) is 44.5 cm³/mol. The van der Waals surface area contributed by atoms with Crippen molar-refractivity contribution in [2.45, 2.75) is 13.0 Å². The molecule has 0 radical (unpaired) electrons. The molecule has 0 aliphatic heterocycles. The monoisotopic (exact) mass is 205 g/mol. The molecule has 0 saturated heterocycles. The molecule has 0 spiro atoms. The lowest BCUT2D eigenvalue weighted by Crippen LogP contribution is -2.12. The van der Waals surface area contributed by atoms with Crippen LogP contribution in [-0.2, 0) is 6.61 Å². The van der Waals surface area contributed by atoms with E-state index < -0.39 is 24.2 Å². The van der Waals surface area contributed by atoms with Crippen LogP contribution in [0.15, 0.2) is 10.9 Å². The highest BCUT2D eigenvalue weighted by Crippen LogP contribution is 2.29. The normalized spacial score (nSPS) is 10.6. The number of aliphatic hydroxyl groups excluding tert-OH is 1. The number of alkyl halides is 2. The molecule has 0 bridgehead atoms. The fraction of sp³-hybridized carbons (Fsp3) is 0.375. The summed E-state index contributed by atoms with van der Waals surface area (Å²) >= 11 is 0. The first-order valence-electron chi connectivity index (χ1n) is 3.79. The topological polar surface area (TPSA) is 62.3 Å². The first kappa shape index (κ1) is 10.6. The summed E-state index contributed by atoms with van der Waals surface area (Å²) in [5.41, 5.74) is -1.25. The van der Waals surface area contributed by atoms with E-state index in [1.54, 1.807) is 0 Å². The highest BCUT2D eigenvalue weighted by Gasteiger charge is 2.18. The van der Waals surface area contributed by atoms with Crippen molar-refractivity contribution in [1.82, 2.24) is 4.98 Å². The second kappa shape index (κ2) is 4.19. The van der Waals surface area contributed by atoms with Crippen LogP contribution in [0, 0.1) is 0 Å². The Bertz CT molecular complexity index is 375. The van der Waals surface area contributed by atoms with E-state index in [-0.39, 0.29) is 11.4 Å². The Morgan fingerprint density at radius 3 is 2.71 bits per heavy atom. The number of pyridine rings is 1. The summed E-state index contributed by atoms with van der Waals surface area (Å²) in [5.74, 6) is -0.179. The van der Waals surface area contributed by atoms with Gasteiger partial charge in [0, 0.05) is 6.07 Å². The van der Waals surface area contributed by atoms with Gasteiger partial charge in [-0.05, 0) is 0 Å². The van der Waals surface area contributed by atoms with E-state index in [0.717, 1.165) is 6.07 Å². The average molecular weight is 205 g/mol. The van der Waals surface area contributed by atoms with Crippen molar-refractivity contribution in [3.63, 3.8) is 0 Å². The van der Waals surface area contributed by atoms with Crippen LogP contribution < -0.4 is 10.3 Å². The molecule has 14 heavy (non-hydrogen) atoms. The van der Waals surface area contributed by atoms with Crippen molar-refractivity contribution in [1.29, 1.82) is 0 Å². The number of methoxy groups -OCH3 is 1. The maximum absolute atomic E-state index is 12.4. The summed E-state index contributed by atoms with van der Waals surface area (Å²) in [6.07, 6.45) is -2.81. The number of hydrogen-bond acceptors (Lipinski definition) is 3. The SMILES string of the molecule is COc1c(C(F)F)cc(=O)[nH]c1CO. The Labute approximate surface area is 78.1 Å². The zero-order valence-electron chi connectivity index (χ0n) is 7.38. The molecule has 6 heteroatoms. The van der Waals surface area contributed by atoms with E-state index in [9.17, 15) is 13.6 Å². The summed E-state index contributed by atoms with van der Waals surface area (Å²) in [6, 6.07) is 0.753. The summed E-state index contributed by atoms with van der Waals surface area (Å²) in [5, 5.41) is 8.79. The molecule has 1 rings (SSSR count). The molecule has 0 aromatic carbocycles. The molecule has 0 atom stereocenters. The fourth-order valence-electron chi connectivity index (χ4n) is 1.14. The Hall–Kier alpha value is -1.43. The number of hydrogen-bond donors (Lipinski definition) is 2. The molecule has 1 aromatic rings. The third-order valence-electron chi connectivity index (χ3n) is 1.69. The van der Waals surface area contributed by atoms with Crippen LogP contribution in [0.3, 0.4) is 0 Å². The van der Waals surface area contributed by atoms with Crippen molar-refractivity contribution in [2.75, 3.05) is 7.11 Å². The van der Waals surface area contributed by atoms with E-state index in [0.29, 0.717) is 0 Å². The minimum Gasteiger partial charge on any atom is -0.494 e. The van der Waals surface area contributed by atoms with Crippen LogP contribution in [0.5, 0.6) is 5.75 Å². The zero-order valence-corrected chi connectivity index (χ0v) is 7.38. The van der Waals surface area contributed by atoms with Crippen LogP contribution in [0.2, 0.25) is 0 Å². The van der Waals surface area contributed by atoms with Gasteiger partial charge < -0.3 is 14.8 Å². The van der Waals surface area contributed by atoms with Crippen LogP contribution in [0.4, 0.5) is 8.78 Å². The number of aromatic amines is 1. The van der Waals surface area contributed by atoms with Crippen molar-refractivity contribution in [2.24, 2.45) is 0 Å². The van der Waals surface area contributed by atoms with Crippen molar-refractivity contribution in [3.8, 4) is 5.75 Å². The van der Waals surface area contributed by atoms with Gasteiger partial charge in [0.05, 0.1) is 25.0 Å². The maximum atomic E-state index is 12.4. The number of H-pyrrole nitrogens is 1. The van der Waals surface area contributed by atoms with Gasteiger partial charge in [-0.25, -0.2) is 8.78 Å². The van der Waals surface area contributed by atoms with Gasteiger partial charge in [-0.15, -0.1) is 0 Å². The van der Waals surface area contributed by atoms with E-state index >= 15 is 0 Å². The van der Waals surface area contributed by atoms with Crippen molar-refractivity contribution >= 4 is 0 Å². The first-order valence-corrected chi connectivity index (χ1v) is 3.79. The van der Waals surface area contributed by atoms with Crippen LogP contribution in [-0.4, -0.2) is 17.2 Å². The Morgan fingerprint density at radius 1 is 1.64 bits per heavy atom. The van der Waals surface area contributed by atoms with Gasteiger partial charge in [0.2, 0.25) is 5.56 Å². The van der Waals surface area contributed by atoms with Gasteiger partial charge in [0.25, 0.3) is 6.43 Å². The minimum atomic E-state index is -2.81. The third-order valence-corrected chi connectivity index (χ3v) is 1.69. The fourth-order valence-corrected chi connectivity index (χ4v) is 1.14. The number of halogens is 2. The van der Waals surface area contributed by atoms with Crippen LogP contribution in [0.25, 0.3) is 0 Å². The van der Waals surface area contributed by atoms with Gasteiger partial charge in [0.15, 0.2) is 0 Å². The molecule has 0 aliphatic carbocycles. The smallest absolute Gasteiger partial charge is 0.267 e. The lowest BCUT2D eigenvalue weighted by Gasteiger charge is -2.10. The van der Waals surface area contributed by atoms with Gasteiger partial charge in [-0.3, -0.25) is 4.79 Å².